The molecule has 0 bridgehead atoms. The predicted octanol–water partition coefficient (Wildman–Crippen LogP) is 3.34. The van der Waals surface area contributed by atoms with E-state index in [0.717, 1.165) is 65.9 Å². The van der Waals surface area contributed by atoms with Gasteiger partial charge in [0.15, 0.2) is 5.78 Å². The second-order valence-electron chi connectivity index (χ2n) is 10.4. The fourth-order valence-electron chi connectivity index (χ4n) is 6.05. The van der Waals surface area contributed by atoms with Gasteiger partial charge in [0.2, 0.25) is 5.91 Å². The molecule has 2 N–H and O–H groups in total. The van der Waals surface area contributed by atoms with E-state index in [4.69, 9.17) is 10.7 Å². The number of carbonyl (C=O) groups is 2. The van der Waals surface area contributed by atoms with Crippen LogP contribution in [0.15, 0.2) is 36.0 Å². The number of benzene rings is 1. The molecule has 6 rings (SSSR count). The maximum Gasteiger partial charge on any atom is 0.248 e. The molecule has 4 aliphatic rings. The van der Waals surface area contributed by atoms with E-state index in [1.807, 2.05) is 12.1 Å². The van der Waals surface area contributed by atoms with Gasteiger partial charge in [-0.2, -0.15) is 0 Å². The van der Waals surface area contributed by atoms with Crippen molar-refractivity contribution in [3.8, 4) is 0 Å². The number of allylic oxidation sites excluding steroid dienone is 2. The molecule has 170 valence electrons. The van der Waals surface area contributed by atoms with Crippen LogP contribution in [-0.4, -0.2) is 53.8 Å². The number of aromatic nitrogens is 1. The minimum Gasteiger partial charge on any atom is -0.366 e. The van der Waals surface area contributed by atoms with Gasteiger partial charge in [-0.3, -0.25) is 14.5 Å². The molecule has 1 aromatic carbocycles. The van der Waals surface area contributed by atoms with E-state index in [-0.39, 0.29) is 11.2 Å². The van der Waals surface area contributed by atoms with Gasteiger partial charge >= 0.3 is 0 Å². The number of hydrogen-bond donors (Lipinski definition) is 1. The zero-order valence-corrected chi connectivity index (χ0v) is 19.4. The van der Waals surface area contributed by atoms with Gasteiger partial charge in [0.25, 0.3) is 0 Å². The van der Waals surface area contributed by atoms with Crippen molar-refractivity contribution in [2.75, 3.05) is 31.1 Å². The van der Waals surface area contributed by atoms with Crippen LogP contribution in [0.2, 0.25) is 0 Å². The number of primary amides is 1. The number of anilines is 1. The molecular weight excluding hydrogens is 412 g/mol. The smallest absolute Gasteiger partial charge is 0.248 e. The second-order valence-corrected chi connectivity index (χ2v) is 10.4. The number of pyridine rings is 1. The first-order valence-corrected chi connectivity index (χ1v) is 12.1. The van der Waals surface area contributed by atoms with E-state index in [1.165, 1.54) is 19.3 Å². The Balaban J connectivity index is 1.32. The van der Waals surface area contributed by atoms with Gasteiger partial charge in [-0.15, -0.1) is 0 Å². The average Bonchev–Trinajstić information content (AvgIpc) is 3.17. The van der Waals surface area contributed by atoms with Crippen LogP contribution in [0, 0.1) is 0 Å². The SMILES string of the molecule is CC1(C)C2=C(C(=O)c3cnc(N4CCN(C5CCC5)CC4)cc31)c1ccc(C(N)=O)cc1C2. The van der Waals surface area contributed by atoms with Crippen LogP contribution in [0.5, 0.6) is 0 Å². The highest BCUT2D eigenvalue weighted by atomic mass is 16.1. The van der Waals surface area contributed by atoms with Crippen molar-refractivity contribution >= 4 is 23.1 Å². The first-order valence-electron chi connectivity index (χ1n) is 12.1. The van der Waals surface area contributed by atoms with Gasteiger partial charge in [-0.25, -0.2) is 4.98 Å². The Bertz CT molecular complexity index is 1220. The Morgan fingerprint density at radius 2 is 1.85 bits per heavy atom. The van der Waals surface area contributed by atoms with Gasteiger partial charge in [-0.05, 0) is 59.7 Å². The lowest BCUT2D eigenvalue weighted by Gasteiger charge is -2.43. The van der Waals surface area contributed by atoms with Crippen molar-refractivity contribution in [1.82, 2.24) is 9.88 Å². The van der Waals surface area contributed by atoms with Crippen LogP contribution in [-0.2, 0) is 11.8 Å². The Labute approximate surface area is 194 Å². The summed E-state index contributed by atoms with van der Waals surface area (Å²) in [7, 11) is 0. The summed E-state index contributed by atoms with van der Waals surface area (Å²) < 4.78 is 0. The quantitative estimate of drug-likeness (QED) is 0.789. The van der Waals surface area contributed by atoms with Crippen molar-refractivity contribution in [3.05, 3.63) is 63.9 Å². The number of fused-ring (bicyclic) bond motifs is 3. The zero-order valence-electron chi connectivity index (χ0n) is 19.4. The highest BCUT2D eigenvalue weighted by Crippen LogP contribution is 2.50. The summed E-state index contributed by atoms with van der Waals surface area (Å²) in [5.74, 6) is 0.569. The molecule has 1 aliphatic heterocycles. The number of rotatable bonds is 3. The third-order valence-electron chi connectivity index (χ3n) is 8.35. The summed E-state index contributed by atoms with van der Waals surface area (Å²) in [5, 5.41) is 0. The molecule has 6 heteroatoms. The number of hydrogen-bond acceptors (Lipinski definition) is 5. The number of Topliss-reactive ketones (excluding diaryl/α,β-unsaturated/α-hetero) is 1. The molecule has 0 unspecified atom stereocenters. The molecule has 0 spiro atoms. The molecule has 6 nitrogen and oxygen atoms in total. The number of carbonyl (C=O) groups excluding carboxylic acids is 2. The van der Waals surface area contributed by atoms with Crippen molar-refractivity contribution in [3.63, 3.8) is 0 Å². The van der Waals surface area contributed by atoms with Crippen LogP contribution in [0.3, 0.4) is 0 Å². The fraction of sp³-hybridized carbons (Fsp3) is 0.444. The number of piperazine rings is 1. The molecule has 1 saturated carbocycles. The van der Waals surface area contributed by atoms with Crippen LogP contribution < -0.4 is 10.6 Å². The maximum absolute atomic E-state index is 13.6. The molecule has 33 heavy (non-hydrogen) atoms. The van der Waals surface area contributed by atoms with Gasteiger partial charge in [0, 0.05) is 60.5 Å². The molecule has 2 aromatic rings. The number of ketones is 1. The summed E-state index contributed by atoms with van der Waals surface area (Å²) >= 11 is 0. The normalized spacial score (nSPS) is 22.0. The second kappa shape index (κ2) is 7.26. The standard InChI is InChI=1S/C27H30N4O2/c1-27(2)21-14-23(31-10-8-30(9-11-31)18-4-3-5-18)29-15-20(21)25(32)24-19-7-6-16(26(28)33)12-17(19)13-22(24)27/h6-7,12,14-15,18H,3-5,8-11,13H2,1-2H3,(H2,28,33). The Kier molecular flexibility index (Phi) is 4.53. The average molecular weight is 443 g/mol. The Hall–Kier alpha value is -2.99. The molecule has 1 amide bonds. The zero-order chi connectivity index (χ0) is 22.9. The molecule has 3 aliphatic carbocycles. The predicted molar refractivity (Wildman–Crippen MR) is 129 cm³/mol. The van der Waals surface area contributed by atoms with Crippen molar-refractivity contribution in [2.24, 2.45) is 5.73 Å². The third kappa shape index (κ3) is 3.07. The third-order valence-corrected chi connectivity index (χ3v) is 8.35. The minimum absolute atomic E-state index is 0.0405. The van der Waals surface area contributed by atoms with E-state index in [2.05, 4.69) is 29.7 Å². The summed E-state index contributed by atoms with van der Waals surface area (Å²) in [6, 6.07) is 8.37. The van der Waals surface area contributed by atoms with E-state index in [1.54, 1.807) is 12.3 Å². The van der Waals surface area contributed by atoms with E-state index in [9.17, 15) is 9.59 Å². The molecule has 1 aromatic heterocycles. The summed E-state index contributed by atoms with van der Waals surface area (Å²) in [6.07, 6.45) is 6.50. The fourth-order valence-corrected chi connectivity index (χ4v) is 6.05. The number of amides is 1. The van der Waals surface area contributed by atoms with Gasteiger partial charge in [0.1, 0.15) is 5.82 Å². The van der Waals surface area contributed by atoms with Crippen molar-refractivity contribution in [2.45, 2.75) is 51.0 Å². The van der Waals surface area contributed by atoms with Crippen LogP contribution in [0.1, 0.15) is 70.5 Å². The molecule has 2 fully saturated rings. The molecule has 2 heterocycles. The first kappa shape index (κ1) is 20.6. The van der Waals surface area contributed by atoms with E-state index in [0.29, 0.717) is 17.5 Å². The lowest BCUT2D eigenvalue weighted by molar-refractivity contribution is 0.0999. The van der Waals surface area contributed by atoms with Crippen LogP contribution in [0.25, 0.3) is 5.57 Å². The largest absolute Gasteiger partial charge is 0.366 e. The number of nitrogens with zero attached hydrogens (tertiary/aromatic N) is 3. The highest BCUT2D eigenvalue weighted by Gasteiger charge is 2.43. The molecular formula is C27H30N4O2. The lowest BCUT2D eigenvalue weighted by atomic mass is 9.69. The molecule has 0 atom stereocenters. The summed E-state index contributed by atoms with van der Waals surface area (Å²) in [5.41, 5.74) is 11.3. The van der Waals surface area contributed by atoms with Gasteiger partial charge in [-0.1, -0.05) is 26.3 Å². The summed E-state index contributed by atoms with van der Waals surface area (Å²) in [4.78, 5) is 35.0. The molecule has 0 radical (unpaired) electrons. The van der Waals surface area contributed by atoms with Crippen molar-refractivity contribution in [1.29, 1.82) is 0 Å². The van der Waals surface area contributed by atoms with Crippen LogP contribution in [0.4, 0.5) is 5.82 Å². The van der Waals surface area contributed by atoms with Gasteiger partial charge in [0.05, 0.1) is 0 Å². The Morgan fingerprint density at radius 3 is 2.52 bits per heavy atom. The lowest BCUT2D eigenvalue weighted by Crippen LogP contribution is -2.52. The van der Waals surface area contributed by atoms with Crippen LogP contribution >= 0.6 is 0 Å². The Morgan fingerprint density at radius 1 is 1.09 bits per heavy atom. The minimum atomic E-state index is -0.442. The summed E-state index contributed by atoms with van der Waals surface area (Å²) in [6.45, 7) is 8.52. The van der Waals surface area contributed by atoms with E-state index < -0.39 is 5.91 Å². The maximum atomic E-state index is 13.6. The van der Waals surface area contributed by atoms with Crippen molar-refractivity contribution < 1.29 is 9.59 Å². The van der Waals surface area contributed by atoms with E-state index >= 15 is 0 Å². The first-order chi connectivity index (χ1) is 15.8. The van der Waals surface area contributed by atoms with Gasteiger partial charge < -0.3 is 10.6 Å². The number of nitrogens with two attached hydrogens (primary N) is 1. The monoisotopic (exact) mass is 442 g/mol. The topological polar surface area (TPSA) is 79.5 Å². The molecule has 1 saturated heterocycles. The highest BCUT2D eigenvalue weighted by molar-refractivity contribution is 6.33.